The van der Waals surface area contributed by atoms with E-state index in [0.29, 0.717) is 6.54 Å². The summed E-state index contributed by atoms with van der Waals surface area (Å²) in [6, 6.07) is 0. The van der Waals surface area contributed by atoms with Gasteiger partial charge in [0, 0.05) is 38.4 Å². The Morgan fingerprint density at radius 1 is 1.79 bits per heavy atom. The van der Waals surface area contributed by atoms with E-state index in [2.05, 4.69) is 15.7 Å². The second kappa shape index (κ2) is 3.79. The maximum atomic E-state index is 11.4. The number of aryl methyl sites for hydroxylation is 1. The van der Waals surface area contributed by atoms with Crippen LogP contribution in [-0.2, 0) is 18.4 Å². The van der Waals surface area contributed by atoms with Gasteiger partial charge < -0.3 is 10.6 Å². The zero-order chi connectivity index (χ0) is 9.97. The molecule has 1 aromatic heterocycles. The van der Waals surface area contributed by atoms with E-state index in [1.54, 1.807) is 10.9 Å². The maximum Gasteiger partial charge on any atom is 0.225 e. The average Bonchev–Trinajstić information content (AvgIpc) is 2.45. The number of aromatic nitrogens is 2. The van der Waals surface area contributed by atoms with Gasteiger partial charge in [-0.25, -0.2) is 0 Å². The molecule has 0 radical (unpaired) electrons. The lowest BCUT2D eigenvalue weighted by atomic mass is 10.0. The van der Waals surface area contributed by atoms with E-state index in [1.165, 1.54) is 0 Å². The first-order chi connectivity index (χ1) is 6.75. The minimum atomic E-state index is 0.132. The molecule has 0 bridgehead atoms. The number of hydrogen-bond acceptors (Lipinski definition) is 3. The van der Waals surface area contributed by atoms with E-state index in [4.69, 9.17) is 0 Å². The lowest BCUT2D eigenvalue weighted by molar-refractivity contribution is -0.126. The number of nitrogens with zero attached hydrogens (tertiary/aromatic N) is 2. The predicted molar refractivity (Wildman–Crippen MR) is 51.4 cm³/mol. The molecule has 14 heavy (non-hydrogen) atoms. The van der Waals surface area contributed by atoms with Gasteiger partial charge in [0.25, 0.3) is 0 Å². The van der Waals surface area contributed by atoms with Gasteiger partial charge in [-0.3, -0.25) is 9.48 Å². The monoisotopic (exact) mass is 194 g/mol. The second-order valence-corrected chi connectivity index (χ2v) is 3.60. The highest BCUT2D eigenvalue weighted by molar-refractivity contribution is 5.79. The summed E-state index contributed by atoms with van der Waals surface area (Å²) in [7, 11) is 1.86. The van der Waals surface area contributed by atoms with Crippen LogP contribution in [0.2, 0.25) is 0 Å². The molecular weight excluding hydrogens is 180 g/mol. The molecule has 1 aliphatic rings. The van der Waals surface area contributed by atoms with Crippen LogP contribution in [0, 0.1) is 5.92 Å². The van der Waals surface area contributed by atoms with Crippen molar-refractivity contribution < 1.29 is 4.79 Å². The molecule has 1 aromatic rings. The van der Waals surface area contributed by atoms with Crippen molar-refractivity contribution in [2.24, 2.45) is 13.0 Å². The van der Waals surface area contributed by atoms with Crippen LogP contribution in [0.1, 0.15) is 5.56 Å². The van der Waals surface area contributed by atoms with Gasteiger partial charge in [0.1, 0.15) is 0 Å². The lowest BCUT2D eigenvalue weighted by Gasteiger charge is -2.25. The zero-order valence-electron chi connectivity index (χ0n) is 8.16. The highest BCUT2D eigenvalue weighted by atomic mass is 16.2. The van der Waals surface area contributed by atoms with E-state index in [-0.39, 0.29) is 11.8 Å². The molecule has 0 unspecified atom stereocenters. The average molecular weight is 194 g/mol. The number of hydrogen-bond donors (Lipinski definition) is 2. The Morgan fingerprint density at radius 2 is 2.57 bits per heavy atom. The van der Waals surface area contributed by atoms with Crippen LogP contribution in [0.5, 0.6) is 0 Å². The van der Waals surface area contributed by atoms with Crippen LogP contribution in [0.25, 0.3) is 0 Å². The van der Waals surface area contributed by atoms with E-state index >= 15 is 0 Å². The summed E-state index contributed by atoms with van der Waals surface area (Å²) in [6.07, 6.45) is 3.67. The Hall–Kier alpha value is -1.36. The molecule has 0 spiro atoms. The van der Waals surface area contributed by atoms with Crippen molar-refractivity contribution in [1.29, 1.82) is 0 Å². The normalized spacial score (nSPS) is 16.4. The summed E-state index contributed by atoms with van der Waals surface area (Å²) >= 11 is 0. The predicted octanol–water partition coefficient (Wildman–Crippen LogP) is -0.744. The van der Waals surface area contributed by atoms with Crippen LogP contribution in [-0.4, -0.2) is 28.8 Å². The fourth-order valence-electron chi connectivity index (χ4n) is 1.37. The molecule has 2 rings (SSSR count). The summed E-state index contributed by atoms with van der Waals surface area (Å²) in [4.78, 5) is 11.4. The van der Waals surface area contributed by atoms with Crippen LogP contribution < -0.4 is 10.6 Å². The van der Waals surface area contributed by atoms with Gasteiger partial charge in [0.15, 0.2) is 0 Å². The van der Waals surface area contributed by atoms with Crippen LogP contribution in [0.15, 0.2) is 12.4 Å². The third-order valence-corrected chi connectivity index (χ3v) is 2.38. The van der Waals surface area contributed by atoms with Crippen LogP contribution >= 0.6 is 0 Å². The molecule has 2 N–H and O–H groups in total. The van der Waals surface area contributed by atoms with Crippen molar-refractivity contribution in [3.63, 3.8) is 0 Å². The lowest BCUT2D eigenvalue weighted by Crippen LogP contribution is -2.50. The maximum absolute atomic E-state index is 11.4. The Balaban J connectivity index is 1.79. The fourth-order valence-corrected chi connectivity index (χ4v) is 1.37. The van der Waals surface area contributed by atoms with E-state index in [1.807, 2.05) is 13.2 Å². The molecule has 5 nitrogen and oxygen atoms in total. The zero-order valence-corrected chi connectivity index (χ0v) is 8.16. The molecule has 1 aliphatic heterocycles. The Labute approximate surface area is 82.5 Å². The largest absolute Gasteiger partial charge is 0.352 e. The quantitative estimate of drug-likeness (QED) is 0.666. The van der Waals surface area contributed by atoms with E-state index < -0.39 is 0 Å². The molecule has 0 aliphatic carbocycles. The number of nitrogens with one attached hydrogen (secondary N) is 2. The smallest absolute Gasteiger partial charge is 0.225 e. The third-order valence-electron chi connectivity index (χ3n) is 2.38. The molecule has 5 heteroatoms. The van der Waals surface area contributed by atoms with Crippen molar-refractivity contribution in [3.05, 3.63) is 18.0 Å². The molecule has 1 fully saturated rings. The topological polar surface area (TPSA) is 59.0 Å². The minimum Gasteiger partial charge on any atom is -0.352 e. The molecule has 1 amide bonds. The highest BCUT2D eigenvalue weighted by Gasteiger charge is 2.24. The van der Waals surface area contributed by atoms with Gasteiger partial charge in [0.05, 0.1) is 12.1 Å². The Morgan fingerprint density at radius 3 is 3.07 bits per heavy atom. The third kappa shape index (κ3) is 1.93. The van der Waals surface area contributed by atoms with Gasteiger partial charge >= 0.3 is 0 Å². The summed E-state index contributed by atoms with van der Waals surface area (Å²) in [6.45, 7) is 2.18. The van der Waals surface area contributed by atoms with Crippen molar-refractivity contribution >= 4 is 5.91 Å². The standard InChI is InChI=1S/C9H14N4O/c1-13-6-7(3-12-13)2-11-9(14)8-4-10-5-8/h3,6,8,10H,2,4-5H2,1H3,(H,11,14). The highest BCUT2D eigenvalue weighted by Crippen LogP contribution is 2.03. The fraction of sp³-hybridized carbons (Fsp3) is 0.556. The SMILES string of the molecule is Cn1cc(CNC(=O)C2CNC2)cn1. The first-order valence-corrected chi connectivity index (χ1v) is 4.71. The number of amides is 1. The van der Waals surface area contributed by atoms with Gasteiger partial charge in [-0.2, -0.15) is 5.10 Å². The summed E-state index contributed by atoms with van der Waals surface area (Å²) in [5.41, 5.74) is 1.04. The molecule has 1 saturated heterocycles. The number of carbonyl (C=O) groups excluding carboxylic acids is 1. The van der Waals surface area contributed by atoms with Gasteiger partial charge in [-0.1, -0.05) is 0 Å². The summed E-state index contributed by atoms with van der Waals surface area (Å²) < 4.78 is 1.73. The Kier molecular flexibility index (Phi) is 2.49. The molecule has 2 heterocycles. The molecule has 76 valence electrons. The molecule has 0 aromatic carbocycles. The molecular formula is C9H14N4O. The molecule has 0 saturated carbocycles. The second-order valence-electron chi connectivity index (χ2n) is 3.60. The van der Waals surface area contributed by atoms with Crippen molar-refractivity contribution in [2.45, 2.75) is 6.54 Å². The summed E-state index contributed by atoms with van der Waals surface area (Å²) in [5.74, 6) is 0.291. The van der Waals surface area contributed by atoms with Crippen molar-refractivity contribution in [2.75, 3.05) is 13.1 Å². The van der Waals surface area contributed by atoms with Gasteiger partial charge in [-0.15, -0.1) is 0 Å². The number of carbonyl (C=O) groups is 1. The first-order valence-electron chi connectivity index (χ1n) is 4.71. The van der Waals surface area contributed by atoms with Crippen molar-refractivity contribution in [1.82, 2.24) is 20.4 Å². The van der Waals surface area contributed by atoms with Crippen LogP contribution in [0.4, 0.5) is 0 Å². The molecule has 0 atom stereocenters. The Bertz CT molecular complexity index is 329. The van der Waals surface area contributed by atoms with Crippen molar-refractivity contribution in [3.8, 4) is 0 Å². The van der Waals surface area contributed by atoms with Gasteiger partial charge in [0.2, 0.25) is 5.91 Å². The number of rotatable bonds is 3. The van der Waals surface area contributed by atoms with Gasteiger partial charge in [-0.05, 0) is 0 Å². The first kappa shape index (κ1) is 9.21. The van der Waals surface area contributed by atoms with E-state index in [9.17, 15) is 4.79 Å². The minimum absolute atomic E-state index is 0.132. The van der Waals surface area contributed by atoms with E-state index in [0.717, 1.165) is 18.7 Å². The van der Waals surface area contributed by atoms with Crippen LogP contribution in [0.3, 0.4) is 0 Å². The summed E-state index contributed by atoms with van der Waals surface area (Å²) in [5, 5.41) is 9.98.